The number of carbonyl (C=O) groups excluding carboxylic acids is 1. The van der Waals surface area contributed by atoms with Crippen molar-refractivity contribution in [2.45, 2.75) is 0 Å². The Kier molecular flexibility index (Phi) is 3.48. The van der Waals surface area contributed by atoms with Gasteiger partial charge in [0.25, 0.3) is 0 Å². The van der Waals surface area contributed by atoms with Crippen molar-refractivity contribution in [1.29, 1.82) is 0 Å². The van der Waals surface area contributed by atoms with Gasteiger partial charge in [0, 0.05) is 10.7 Å². The first-order valence-corrected chi connectivity index (χ1v) is 4.23. The SMILES string of the molecule is NN(C(=O)O)C(=O)Nc1cccc(Cl)c1. The first-order chi connectivity index (χ1) is 7.00. The molecule has 0 heterocycles. The maximum atomic E-state index is 11.1. The predicted molar refractivity (Wildman–Crippen MR) is 54.5 cm³/mol. The van der Waals surface area contributed by atoms with Crippen LogP contribution in [0.3, 0.4) is 0 Å². The zero-order valence-corrected chi connectivity index (χ0v) is 8.23. The van der Waals surface area contributed by atoms with Gasteiger partial charge in [-0.05, 0) is 18.2 Å². The minimum absolute atomic E-state index is 0.0426. The van der Waals surface area contributed by atoms with E-state index >= 15 is 0 Å². The van der Waals surface area contributed by atoms with Crippen LogP contribution in [0.2, 0.25) is 5.02 Å². The van der Waals surface area contributed by atoms with Crippen molar-refractivity contribution in [3.8, 4) is 0 Å². The Morgan fingerprint density at radius 3 is 2.67 bits per heavy atom. The van der Waals surface area contributed by atoms with Crippen molar-refractivity contribution in [3.63, 3.8) is 0 Å². The van der Waals surface area contributed by atoms with Gasteiger partial charge in [-0.25, -0.2) is 15.4 Å². The lowest BCUT2D eigenvalue weighted by Crippen LogP contribution is -2.44. The summed E-state index contributed by atoms with van der Waals surface area (Å²) in [4.78, 5) is 21.4. The molecule has 0 spiro atoms. The lowest BCUT2D eigenvalue weighted by Gasteiger charge is -2.11. The molecule has 3 amide bonds. The second kappa shape index (κ2) is 4.63. The van der Waals surface area contributed by atoms with E-state index in [4.69, 9.17) is 22.6 Å². The summed E-state index contributed by atoms with van der Waals surface area (Å²) in [5.41, 5.74) is 0.365. The Hall–Kier alpha value is -1.79. The summed E-state index contributed by atoms with van der Waals surface area (Å²) in [7, 11) is 0. The number of carbonyl (C=O) groups is 2. The molecule has 0 saturated heterocycles. The van der Waals surface area contributed by atoms with Gasteiger partial charge in [0.1, 0.15) is 0 Å². The lowest BCUT2D eigenvalue weighted by atomic mass is 10.3. The third-order valence-corrected chi connectivity index (χ3v) is 1.74. The number of carboxylic acid groups (broad SMARTS) is 1. The van der Waals surface area contributed by atoms with Crippen molar-refractivity contribution in [2.24, 2.45) is 5.84 Å². The molecule has 0 aromatic heterocycles. The number of urea groups is 1. The predicted octanol–water partition coefficient (Wildman–Crippen LogP) is 1.73. The van der Waals surface area contributed by atoms with E-state index in [1.165, 1.54) is 6.07 Å². The fraction of sp³-hybridized carbons (Fsp3) is 0. The highest BCUT2D eigenvalue weighted by Crippen LogP contribution is 2.14. The summed E-state index contributed by atoms with van der Waals surface area (Å²) in [5, 5.41) is 11.1. The summed E-state index contributed by atoms with van der Waals surface area (Å²) in [6.07, 6.45) is -1.55. The molecule has 1 aromatic rings. The molecular formula is C8H8ClN3O3. The van der Waals surface area contributed by atoms with Gasteiger partial charge in [-0.3, -0.25) is 0 Å². The summed E-state index contributed by atoms with van der Waals surface area (Å²) < 4.78 is 0. The molecule has 1 aromatic carbocycles. The van der Waals surface area contributed by atoms with Gasteiger partial charge in [-0.1, -0.05) is 17.7 Å². The molecule has 0 fully saturated rings. The standard InChI is InChI=1S/C8H8ClN3O3/c9-5-2-1-3-6(4-5)11-7(13)12(10)8(14)15/h1-4H,10H2,(H,11,13)(H,14,15). The second-order valence-electron chi connectivity index (χ2n) is 2.59. The molecule has 0 aliphatic rings. The van der Waals surface area contributed by atoms with Crippen LogP contribution in [-0.2, 0) is 0 Å². The number of anilines is 1. The Morgan fingerprint density at radius 1 is 1.47 bits per heavy atom. The first-order valence-electron chi connectivity index (χ1n) is 3.85. The number of halogens is 1. The van der Waals surface area contributed by atoms with Crippen molar-refractivity contribution in [1.82, 2.24) is 5.01 Å². The summed E-state index contributed by atoms with van der Waals surface area (Å²) in [6.45, 7) is 0. The Balaban J connectivity index is 2.70. The molecule has 4 N–H and O–H groups in total. The molecule has 1 rings (SSSR count). The monoisotopic (exact) mass is 229 g/mol. The van der Waals surface area contributed by atoms with E-state index in [1.807, 2.05) is 0 Å². The van der Waals surface area contributed by atoms with E-state index < -0.39 is 12.1 Å². The first kappa shape index (κ1) is 11.3. The number of nitrogens with two attached hydrogens (primary N) is 1. The highest BCUT2D eigenvalue weighted by atomic mass is 35.5. The number of hydrogen-bond donors (Lipinski definition) is 3. The fourth-order valence-corrected chi connectivity index (χ4v) is 1.03. The number of amides is 3. The maximum Gasteiger partial charge on any atom is 0.430 e. The minimum Gasteiger partial charge on any atom is -0.464 e. The third kappa shape index (κ3) is 3.12. The van der Waals surface area contributed by atoms with E-state index in [0.29, 0.717) is 10.7 Å². The summed E-state index contributed by atoms with van der Waals surface area (Å²) >= 11 is 5.66. The number of imide groups is 1. The van der Waals surface area contributed by atoms with Gasteiger partial charge >= 0.3 is 12.1 Å². The number of nitrogens with one attached hydrogen (secondary N) is 1. The Labute approximate surface area is 90.2 Å². The molecule has 80 valence electrons. The molecule has 0 atom stereocenters. The topological polar surface area (TPSA) is 95.7 Å². The van der Waals surface area contributed by atoms with Gasteiger partial charge < -0.3 is 10.4 Å². The van der Waals surface area contributed by atoms with Crippen LogP contribution in [0.4, 0.5) is 15.3 Å². The molecule has 0 aliphatic heterocycles. The normalized spacial score (nSPS) is 9.47. The van der Waals surface area contributed by atoms with Gasteiger partial charge in [0.2, 0.25) is 0 Å². The van der Waals surface area contributed by atoms with E-state index in [-0.39, 0.29) is 5.01 Å². The van der Waals surface area contributed by atoms with Gasteiger partial charge in [0.15, 0.2) is 0 Å². The molecule has 0 saturated carbocycles. The Bertz CT molecular complexity index is 396. The smallest absolute Gasteiger partial charge is 0.430 e. The van der Waals surface area contributed by atoms with E-state index in [0.717, 1.165) is 0 Å². The van der Waals surface area contributed by atoms with Crippen molar-refractivity contribution in [2.75, 3.05) is 5.32 Å². The Morgan fingerprint density at radius 2 is 2.13 bits per heavy atom. The van der Waals surface area contributed by atoms with Crippen LogP contribution in [0.5, 0.6) is 0 Å². The maximum absolute atomic E-state index is 11.1. The molecule has 0 unspecified atom stereocenters. The van der Waals surface area contributed by atoms with Gasteiger partial charge in [-0.15, -0.1) is 0 Å². The molecule has 0 radical (unpaired) electrons. The number of hydrogen-bond acceptors (Lipinski definition) is 3. The van der Waals surface area contributed by atoms with Crippen LogP contribution >= 0.6 is 11.6 Å². The zero-order valence-electron chi connectivity index (χ0n) is 7.48. The fourth-order valence-electron chi connectivity index (χ4n) is 0.837. The van der Waals surface area contributed by atoms with E-state index in [2.05, 4.69) is 5.32 Å². The van der Waals surface area contributed by atoms with Crippen LogP contribution in [0.25, 0.3) is 0 Å². The van der Waals surface area contributed by atoms with Crippen LogP contribution in [0, 0.1) is 0 Å². The second-order valence-corrected chi connectivity index (χ2v) is 3.03. The van der Waals surface area contributed by atoms with Crippen LogP contribution < -0.4 is 11.2 Å². The number of benzene rings is 1. The third-order valence-electron chi connectivity index (χ3n) is 1.50. The number of hydrazine groups is 1. The van der Waals surface area contributed by atoms with Crippen LogP contribution in [0.1, 0.15) is 0 Å². The van der Waals surface area contributed by atoms with Crippen molar-refractivity contribution >= 4 is 29.4 Å². The molecular weight excluding hydrogens is 222 g/mol. The molecule has 0 bridgehead atoms. The minimum atomic E-state index is -1.55. The van der Waals surface area contributed by atoms with E-state index in [1.54, 1.807) is 18.2 Å². The van der Waals surface area contributed by atoms with Crippen LogP contribution in [0.15, 0.2) is 24.3 Å². The van der Waals surface area contributed by atoms with Crippen LogP contribution in [-0.4, -0.2) is 22.2 Å². The van der Waals surface area contributed by atoms with Crippen molar-refractivity contribution in [3.05, 3.63) is 29.3 Å². The number of nitrogens with zero attached hydrogens (tertiary/aromatic N) is 1. The van der Waals surface area contributed by atoms with E-state index in [9.17, 15) is 9.59 Å². The van der Waals surface area contributed by atoms with Gasteiger partial charge in [0.05, 0.1) is 0 Å². The molecule has 0 aliphatic carbocycles. The zero-order chi connectivity index (χ0) is 11.4. The molecule has 6 nitrogen and oxygen atoms in total. The lowest BCUT2D eigenvalue weighted by molar-refractivity contribution is 0.153. The van der Waals surface area contributed by atoms with Crippen molar-refractivity contribution < 1.29 is 14.7 Å². The number of rotatable bonds is 1. The van der Waals surface area contributed by atoms with Gasteiger partial charge in [-0.2, -0.15) is 5.01 Å². The quantitative estimate of drug-likeness (QED) is 0.388. The average Bonchev–Trinajstić information content (AvgIpc) is 2.16. The summed E-state index contributed by atoms with van der Waals surface area (Å²) in [5.74, 6) is 4.93. The molecule has 7 heteroatoms. The highest BCUT2D eigenvalue weighted by Gasteiger charge is 2.15. The summed E-state index contributed by atoms with van der Waals surface area (Å²) in [6, 6.07) is 5.30. The largest absolute Gasteiger partial charge is 0.464 e. The molecule has 15 heavy (non-hydrogen) atoms. The highest BCUT2D eigenvalue weighted by molar-refractivity contribution is 6.30. The average molecular weight is 230 g/mol.